The summed E-state index contributed by atoms with van der Waals surface area (Å²) in [5.74, 6) is 1.53. The van der Waals surface area contributed by atoms with Gasteiger partial charge in [0.2, 0.25) is 5.82 Å². The highest BCUT2D eigenvalue weighted by Gasteiger charge is 2.20. The quantitative estimate of drug-likeness (QED) is 0.453. The molecule has 4 aromatic rings. The second-order valence-corrected chi connectivity index (χ2v) is 7.12. The number of aryl methyl sites for hydroxylation is 1. The van der Waals surface area contributed by atoms with Crippen molar-refractivity contribution in [1.82, 2.24) is 14.8 Å². The normalized spacial score (nSPS) is 10.6. The first-order valence-electron chi connectivity index (χ1n) is 10.3. The van der Waals surface area contributed by atoms with Crippen LogP contribution < -0.4 is 14.8 Å². The van der Waals surface area contributed by atoms with Crippen LogP contribution in [0.1, 0.15) is 23.1 Å². The van der Waals surface area contributed by atoms with Gasteiger partial charge in [0.15, 0.2) is 5.82 Å². The van der Waals surface area contributed by atoms with Crippen LogP contribution in [-0.2, 0) is 0 Å². The van der Waals surface area contributed by atoms with E-state index in [9.17, 15) is 4.79 Å². The van der Waals surface area contributed by atoms with E-state index in [0.29, 0.717) is 23.9 Å². The van der Waals surface area contributed by atoms with Gasteiger partial charge in [0.25, 0.3) is 5.91 Å². The summed E-state index contributed by atoms with van der Waals surface area (Å²) >= 11 is 0. The monoisotopic (exact) mass is 428 g/mol. The van der Waals surface area contributed by atoms with E-state index >= 15 is 0 Å². The first-order valence-corrected chi connectivity index (χ1v) is 10.3. The maximum atomic E-state index is 13.0. The van der Waals surface area contributed by atoms with Crippen molar-refractivity contribution >= 4 is 11.6 Å². The molecule has 4 rings (SSSR count). The molecular weight excluding hydrogens is 404 g/mol. The first kappa shape index (κ1) is 21.1. The zero-order chi connectivity index (χ0) is 22.5. The van der Waals surface area contributed by atoms with Gasteiger partial charge < -0.3 is 14.8 Å². The number of carbonyl (C=O) groups is 1. The fraction of sp³-hybridized carbons (Fsp3) is 0.160. The first-order chi connectivity index (χ1) is 15.6. The number of hydrogen-bond donors (Lipinski definition) is 1. The van der Waals surface area contributed by atoms with Gasteiger partial charge in [-0.05, 0) is 50.2 Å². The van der Waals surface area contributed by atoms with Crippen molar-refractivity contribution < 1.29 is 14.3 Å². The van der Waals surface area contributed by atoms with Crippen LogP contribution in [0, 0.1) is 6.92 Å². The highest BCUT2D eigenvalue weighted by molar-refractivity contribution is 6.02. The topological polar surface area (TPSA) is 78.3 Å². The molecule has 1 aromatic heterocycles. The Balaban J connectivity index is 1.73. The molecule has 1 heterocycles. The van der Waals surface area contributed by atoms with E-state index in [1.165, 1.54) is 0 Å². The number of methoxy groups -OCH3 is 1. The molecule has 0 aliphatic heterocycles. The van der Waals surface area contributed by atoms with Crippen molar-refractivity contribution in [1.29, 1.82) is 0 Å². The third kappa shape index (κ3) is 4.46. The summed E-state index contributed by atoms with van der Waals surface area (Å²) in [5.41, 5.74) is 3.31. The lowest BCUT2D eigenvalue weighted by Crippen LogP contribution is -2.15. The van der Waals surface area contributed by atoms with Crippen LogP contribution in [0.25, 0.3) is 17.1 Å². The Hall–Kier alpha value is -4.13. The van der Waals surface area contributed by atoms with Crippen molar-refractivity contribution in [3.8, 4) is 28.6 Å². The van der Waals surface area contributed by atoms with Crippen LogP contribution >= 0.6 is 0 Å². The standard InChI is InChI=1S/C25H24N4O3/c1-4-32-20-15-13-19(14-16-20)29-24(18-11-9-17(2)10-12-18)27-23(28-29)25(30)26-21-7-5-6-8-22(21)31-3/h5-16H,4H2,1-3H3,(H,26,30). The second-order valence-electron chi connectivity index (χ2n) is 7.12. The number of ether oxygens (including phenoxy) is 2. The molecule has 0 unspecified atom stereocenters. The molecule has 0 spiro atoms. The lowest BCUT2D eigenvalue weighted by molar-refractivity contribution is 0.101. The van der Waals surface area contributed by atoms with Crippen molar-refractivity contribution in [2.75, 3.05) is 19.0 Å². The smallest absolute Gasteiger partial charge is 0.295 e. The zero-order valence-electron chi connectivity index (χ0n) is 18.2. The molecule has 1 amide bonds. The van der Waals surface area contributed by atoms with Crippen LogP contribution in [-0.4, -0.2) is 34.4 Å². The van der Waals surface area contributed by atoms with Crippen LogP contribution in [0.3, 0.4) is 0 Å². The predicted molar refractivity (Wildman–Crippen MR) is 124 cm³/mol. The summed E-state index contributed by atoms with van der Waals surface area (Å²) < 4.78 is 12.5. The minimum absolute atomic E-state index is 0.0559. The van der Waals surface area contributed by atoms with Gasteiger partial charge in [0.1, 0.15) is 11.5 Å². The van der Waals surface area contributed by atoms with Crippen molar-refractivity contribution in [2.45, 2.75) is 13.8 Å². The molecule has 0 saturated heterocycles. The number of rotatable bonds is 7. The predicted octanol–water partition coefficient (Wildman–Crippen LogP) is 4.90. The fourth-order valence-electron chi connectivity index (χ4n) is 3.25. The summed E-state index contributed by atoms with van der Waals surface area (Å²) in [4.78, 5) is 17.5. The molecule has 0 fully saturated rings. The Morgan fingerprint density at radius 3 is 2.41 bits per heavy atom. The molecule has 3 aromatic carbocycles. The molecule has 32 heavy (non-hydrogen) atoms. The van der Waals surface area contributed by atoms with Gasteiger partial charge in [-0.1, -0.05) is 42.0 Å². The molecule has 162 valence electrons. The summed E-state index contributed by atoms with van der Waals surface area (Å²) in [7, 11) is 1.55. The van der Waals surface area contributed by atoms with Crippen LogP contribution in [0.15, 0.2) is 72.8 Å². The Morgan fingerprint density at radius 2 is 1.72 bits per heavy atom. The summed E-state index contributed by atoms with van der Waals surface area (Å²) in [6.45, 7) is 4.55. The van der Waals surface area contributed by atoms with Crippen LogP contribution in [0.4, 0.5) is 5.69 Å². The van der Waals surface area contributed by atoms with E-state index in [4.69, 9.17) is 9.47 Å². The number of nitrogens with one attached hydrogen (secondary N) is 1. The number of hydrogen-bond acceptors (Lipinski definition) is 5. The highest BCUT2D eigenvalue weighted by atomic mass is 16.5. The average Bonchev–Trinajstić information content (AvgIpc) is 3.26. The second kappa shape index (κ2) is 9.34. The number of nitrogens with zero attached hydrogens (tertiary/aromatic N) is 3. The molecule has 7 nitrogen and oxygen atoms in total. The fourth-order valence-corrected chi connectivity index (χ4v) is 3.25. The summed E-state index contributed by atoms with van der Waals surface area (Å²) in [6.07, 6.45) is 0. The van der Waals surface area contributed by atoms with Gasteiger partial charge in [-0.3, -0.25) is 4.79 Å². The number of aromatic nitrogens is 3. The van der Waals surface area contributed by atoms with Crippen molar-refractivity contribution in [3.63, 3.8) is 0 Å². The lowest BCUT2D eigenvalue weighted by atomic mass is 10.1. The van der Waals surface area contributed by atoms with Crippen molar-refractivity contribution in [2.24, 2.45) is 0 Å². The Labute approximate surface area is 186 Å². The van der Waals surface area contributed by atoms with E-state index < -0.39 is 5.91 Å². The molecule has 1 N–H and O–H groups in total. The highest BCUT2D eigenvalue weighted by Crippen LogP contribution is 2.26. The maximum Gasteiger partial charge on any atom is 0.295 e. The maximum absolute atomic E-state index is 13.0. The van der Waals surface area contributed by atoms with Gasteiger partial charge in [-0.15, -0.1) is 5.10 Å². The Morgan fingerprint density at radius 1 is 1.00 bits per heavy atom. The number of carbonyl (C=O) groups excluding carboxylic acids is 1. The van der Waals surface area contributed by atoms with Gasteiger partial charge in [0.05, 0.1) is 25.1 Å². The number of para-hydroxylation sites is 2. The molecule has 0 bridgehead atoms. The SMILES string of the molecule is CCOc1ccc(-n2nc(C(=O)Nc3ccccc3OC)nc2-c2ccc(C)cc2)cc1. The van der Waals surface area contributed by atoms with Crippen molar-refractivity contribution in [3.05, 3.63) is 84.2 Å². The van der Waals surface area contributed by atoms with Crippen LogP contribution in [0.5, 0.6) is 11.5 Å². The van der Waals surface area contributed by atoms with Gasteiger partial charge in [0, 0.05) is 5.56 Å². The minimum Gasteiger partial charge on any atom is -0.495 e. The molecule has 0 aliphatic carbocycles. The summed E-state index contributed by atoms with van der Waals surface area (Å²) in [6, 6.07) is 22.6. The summed E-state index contributed by atoms with van der Waals surface area (Å²) in [5, 5.41) is 7.35. The van der Waals surface area contributed by atoms with E-state index in [1.54, 1.807) is 23.9 Å². The Kier molecular flexibility index (Phi) is 6.17. The largest absolute Gasteiger partial charge is 0.495 e. The van der Waals surface area contributed by atoms with Gasteiger partial charge >= 0.3 is 0 Å². The van der Waals surface area contributed by atoms with E-state index in [2.05, 4.69) is 15.4 Å². The van der Waals surface area contributed by atoms with Gasteiger partial charge in [-0.2, -0.15) is 0 Å². The molecule has 0 atom stereocenters. The van der Waals surface area contributed by atoms with E-state index in [-0.39, 0.29) is 5.82 Å². The number of anilines is 1. The third-order valence-corrected chi connectivity index (χ3v) is 4.87. The Bertz CT molecular complexity index is 1210. The van der Waals surface area contributed by atoms with E-state index in [0.717, 1.165) is 22.6 Å². The molecule has 7 heteroatoms. The molecule has 0 saturated carbocycles. The van der Waals surface area contributed by atoms with E-state index in [1.807, 2.05) is 74.5 Å². The lowest BCUT2D eigenvalue weighted by Gasteiger charge is -2.08. The third-order valence-electron chi connectivity index (χ3n) is 4.87. The molecular formula is C25H24N4O3. The zero-order valence-corrected chi connectivity index (χ0v) is 18.2. The molecule has 0 radical (unpaired) electrons. The minimum atomic E-state index is -0.424. The van der Waals surface area contributed by atoms with Crippen LogP contribution in [0.2, 0.25) is 0 Å². The number of amides is 1. The molecule has 0 aliphatic rings. The van der Waals surface area contributed by atoms with Gasteiger partial charge in [-0.25, -0.2) is 9.67 Å². The number of benzene rings is 3. The average molecular weight is 428 g/mol.